The number of ether oxygens (including phenoxy) is 2. The van der Waals surface area contributed by atoms with Gasteiger partial charge in [0.15, 0.2) is 17.3 Å². The predicted molar refractivity (Wildman–Crippen MR) is 93.1 cm³/mol. The van der Waals surface area contributed by atoms with Crippen molar-refractivity contribution in [3.05, 3.63) is 57.6 Å². The van der Waals surface area contributed by atoms with Crippen LogP contribution in [0.15, 0.2) is 36.4 Å². The van der Waals surface area contributed by atoms with Crippen molar-refractivity contribution in [1.29, 1.82) is 0 Å². The summed E-state index contributed by atoms with van der Waals surface area (Å²) in [5.74, 6) is 0.270. The third-order valence-corrected chi connectivity index (χ3v) is 3.89. The second kappa shape index (κ2) is 7.22. The fourth-order valence-corrected chi connectivity index (χ4v) is 2.54. The maximum absolute atomic E-state index is 12.5. The Morgan fingerprint density at radius 3 is 2.31 bits per heavy atom. The number of carbonyl (C=O) groups excluding carboxylic acids is 2. The van der Waals surface area contributed by atoms with Crippen molar-refractivity contribution in [3.8, 4) is 11.5 Å². The molecule has 8 nitrogen and oxygen atoms in total. The number of nitro benzene ring substituents is 1. The van der Waals surface area contributed by atoms with Gasteiger partial charge in [0.05, 0.1) is 10.6 Å². The van der Waals surface area contributed by atoms with Crippen LogP contribution in [0, 0.1) is 10.1 Å². The Morgan fingerprint density at radius 1 is 1.12 bits per heavy atom. The van der Waals surface area contributed by atoms with Gasteiger partial charge in [-0.2, -0.15) is 0 Å². The highest BCUT2D eigenvalue weighted by atomic mass is 16.6. The van der Waals surface area contributed by atoms with Crippen LogP contribution in [0.1, 0.15) is 34.1 Å². The summed E-state index contributed by atoms with van der Waals surface area (Å²) in [6.07, 6.45) is 0.264. The number of benzene rings is 2. The van der Waals surface area contributed by atoms with Crippen LogP contribution in [0.3, 0.4) is 0 Å². The number of hydrogen-bond acceptors (Lipinski definition) is 6. The Labute approximate surface area is 148 Å². The van der Waals surface area contributed by atoms with Gasteiger partial charge in [0, 0.05) is 35.7 Å². The molecule has 1 heterocycles. The highest BCUT2D eigenvalue weighted by Gasteiger charge is 2.21. The lowest BCUT2D eigenvalue weighted by Gasteiger charge is -2.21. The number of nitrogens with one attached hydrogen (secondary N) is 1. The topological polar surface area (TPSA) is 108 Å². The minimum Gasteiger partial charge on any atom is -0.486 e. The molecule has 0 saturated heterocycles. The maximum atomic E-state index is 12.5. The molecular weight excluding hydrogens is 340 g/mol. The van der Waals surface area contributed by atoms with Gasteiger partial charge in [0.2, 0.25) is 0 Å². The van der Waals surface area contributed by atoms with Gasteiger partial charge in [-0.3, -0.25) is 19.7 Å². The lowest BCUT2D eigenvalue weighted by atomic mass is 10.0. The number of nitro groups is 1. The zero-order chi connectivity index (χ0) is 18.7. The number of Topliss-reactive ketones (excluding diaryl/α,β-unsaturated/α-hetero) is 1. The summed E-state index contributed by atoms with van der Waals surface area (Å²) in [6, 6.07) is 8.32. The normalized spacial score (nSPS) is 12.3. The van der Waals surface area contributed by atoms with Gasteiger partial charge in [-0.25, -0.2) is 0 Å². The summed E-state index contributed by atoms with van der Waals surface area (Å²) in [5.41, 5.74) is 0.764. The Morgan fingerprint density at radius 2 is 1.73 bits per heavy atom. The summed E-state index contributed by atoms with van der Waals surface area (Å²) in [6.45, 7) is 2.49. The third-order valence-electron chi connectivity index (χ3n) is 3.89. The molecule has 0 bridgehead atoms. The SMILES string of the molecule is CCC(=O)c1cc2c(cc1NC(=O)c1ccc([N+](=O)[O-])cc1)OCCO2. The molecule has 0 saturated carbocycles. The fraction of sp³-hybridized carbons (Fsp3) is 0.222. The van der Waals surface area contributed by atoms with Crippen LogP contribution in [0.25, 0.3) is 0 Å². The average Bonchev–Trinajstić information content (AvgIpc) is 2.66. The second-order valence-electron chi connectivity index (χ2n) is 5.58. The van der Waals surface area contributed by atoms with Gasteiger partial charge in [0.25, 0.3) is 11.6 Å². The van der Waals surface area contributed by atoms with E-state index in [0.717, 1.165) is 0 Å². The monoisotopic (exact) mass is 356 g/mol. The molecule has 0 aliphatic carbocycles. The summed E-state index contributed by atoms with van der Waals surface area (Å²) in [5, 5.41) is 13.4. The van der Waals surface area contributed by atoms with Crippen molar-refractivity contribution in [1.82, 2.24) is 0 Å². The summed E-state index contributed by atoms with van der Waals surface area (Å²) < 4.78 is 11.0. The first-order chi connectivity index (χ1) is 12.5. The summed E-state index contributed by atoms with van der Waals surface area (Å²) in [4.78, 5) is 34.9. The quantitative estimate of drug-likeness (QED) is 0.501. The van der Waals surface area contributed by atoms with Crippen LogP contribution in [0.5, 0.6) is 11.5 Å². The van der Waals surface area contributed by atoms with Crippen LogP contribution in [0.2, 0.25) is 0 Å². The minimum atomic E-state index is -0.541. The molecule has 2 aromatic rings. The van der Waals surface area contributed by atoms with Crippen molar-refractivity contribution < 1.29 is 24.0 Å². The van der Waals surface area contributed by atoms with Gasteiger partial charge in [-0.05, 0) is 18.2 Å². The van der Waals surface area contributed by atoms with E-state index in [0.29, 0.717) is 36.0 Å². The van der Waals surface area contributed by atoms with Crippen molar-refractivity contribution in [2.24, 2.45) is 0 Å². The van der Waals surface area contributed by atoms with Gasteiger partial charge in [-0.15, -0.1) is 0 Å². The molecule has 134 valence electrons. The lowest BCUT2D eigenvalue weighted by Crippen LogP contribution is -2.19. The Bertz CT molecular complexity index is 876. The first-order valence-electron chi connectivity index (χ1n) is 8.02. The van der Waals surface area contributed by atoms with Gasteiger partial charge in [-0.1, -0.05) is 6.92 Å². The van der Waals surface area contributed by atoms with Gasteiger partial charge < -0.3 is 14.8 Å². The number of nitrogens with zero attached hydrogens (tertiary/aromatic N) is 1. The number of carbonyl (C=O) groups is 2. The molecule has 0 spiro atoms. The first kappa shape index (κ1) is 17.4. The molecule has 1 N–H and O–H groups in total. The van der Waals surface area contributed by atoms with Crippen molar-refractivity contribution in [2.45, 2.75) is 13.3 Å². The smallest absolute Gasteiger partial charge is 0.269 e. The first-order valence-corrected chi connectivity index (χ1v) is 8.02. The molecule has 1 aliphatic heterocycles. The van der Waals surface area contributed by atoms with E-state index in [9.17, 15) is 19.7 Å². The number of ketones is 1. The van der Waals surface area contributed by atoms with Crippen molar-refractivity contribution in [3.63, 3.8) is 0 Å². The molecule has 3 rings (SSSR count). The number of amides is 1. The van der Waals surface area contributed by atoms with E-state index >= 15 is 0 Å². The van der Waals surface area contributed by atoms with E-state index in [-0.39, 0.29) is 23.5 Å². The van der Waals surface area contributed by atoms with E-state index in [1.807, 2.05) is 0 Å². The molecule has 0 unspecified atom stereocenters. The molecule has 0 aromatic heterocycles. The van der Waals surface area contributed by atoms with Crippen molar-refractivity contribution in [2.75, 3.05) is 18.5 Å². The number of rotatable bonds is 5. The summed E-state index contributed by atoms with van der Waals surface area (Å²) in [7, 11) is 0. The Hall–Kier alpha value is -3.42. The molecule has 1 amide bonds. The predicted octanol–water partition coefficient (Wildman–Crippen LogP) is 3.21. The van der Waals surface area contributed by atoms with Crippen LogP contribution >= 0.6 is 0 Å². The third kappa shape index (κ3) is 3.49. The van der Waals surface area contributed by atoms with E-state index < -0.39 is 10.8 Å². The van der Waals surface area contributed by atoms with Crippen LogP contribution in [-0.2, 0) is 0 Å². The molecule has 8 heteroatoms. The molecule has 0 radical (unpaired) electrons. The molecule has 0 atom stereocenters. The number of anilines is 1. The summed E-state index contributed by atoms with van der Waals surface area (Å²) >= 11 is 0. The number of non-ortho nitro benzene ring substituents is 1. The molecule has 2 aromatic carbocycles. The second-order valence-corrected chi connectivity index (χ2v) is 5.58. The highest BCUT2D eigenvalue weighted by Crippen LogP contribution is 2.36. The van der Waals surface area contributed by atoms with E-state index in [4.69, 9.17) is 9.47 Å². The average molecular weight is 356 g/mol. The zero-order valence-electron chi connectivity index (χ0n) is 14.0. The largest absolute Gasteiger partial charge is 0.486 e. The number of hydrogen-bond donors (Lipinski definition) is 1. The molecule has 0 fully saturated rings. The van der Waals surface area contributed by atoms with Crippen LogP contribution in [-0.4, -0.2) is 29.8 Å². The van der Waals surface area contributed by atoms with Crippen LogP contribution < -0.4 is 14.8 Å². The lowest BCUT2D eigenvalue weighted by molar-refractivity contribution is -0.384. The molecule has 26 heavy (non-hydrogen) atoms. The zero-order valence-corrected chi connectivity index (χ0v) is 14.0. The van der Waals surface area contributed by atoms with E-state index in [1.54, 1.807) is 19.1 Å². The fourth-order valence-electron chi connectivity index (χ4n) is 2.54. The van der Waals surface area contributed by atoms with Gasteiger partial charge >= 0.3 is 0 Å². The molecule has 1 aliphatic rings. The Kier molecular flexibility index (Phi) is 4.83. The molecular formula is C18H16N2O6. The van der Waals surface area contributed by atoms with E-state index in [2.05, 4.69) is 5.32 Å². The maximum Gasteiger partial charge on any atom is 0.269 e. The van der Waals surface area contributed by atoms with Gasteiger partial charge in [0.1, 0.15) is 13.2 Å². The van der Waals surface area contributed by atoms with Crippen molar-refractivity contribution >= 4 is 23.1 Å². The minimum absolute atomic E-state index is 0.109. The number of fused-ring (bicyclic) bond motifs is 1. The highest BCUT2D eigenvalue weighted by molar-refractivity contribution is 6.10. The standard InChI is InChI=1S/C18H16N2O6/c1-2-15(21)13-9-16-17(26-8-7-25-16)10-14(13)19-18(22)11-3-5-12(6-4-11)20(23)24/h3-6,9-10H,2,7-8H2,1H3,(H,19,22). The Balaban J connectivity index is 1.91. The van der Waals surface area contributed by atoms with E-state index in [1.165, 1.54) is 24.3 Å². The van der Waals surface area contributed by atoms with Crippen LogP contribution in [0.4, 0.5) is 11.4 Å².